The molecular formula is C23H23N5O4. The van der Waals surface area contributed by atoms with Gasteiger partial charge < -0.3 is 19.5 Å². The van der Waals surface area contributed by atoms with Crippen LogP contribution in [-0.4, -0.2) is 49.9 Å². The summed E-state index contributed by atoms with van der Waals surface area (Å²) in [5.74, 6) is -1.49. The largest absolute Gasteiger partial charge is 0.464 e. The van der Waals surface area contributed by atoms with Crippen LogP contribution < -0.4 is 5.32 Å². The van der Waals surface area contributed by atoms with Gasteiger partial charge in [0.25, 0.3) is 5.91 Å². The van der Waals surface area contributed by atoms with Crippen molar-refractivity contribution in [1.82, 2.24) is 24.8 Å². The molecule has 0 bridgehead atoms. The Balaban J connectivity index is 1.69. The number of carbonyl (C=O) groups is 3. The molecule has 2 aromatic heterocycles. The maximum atomic E-state index is 13.6. The van der Waals surface area contributed by atoms with Gasteiger partial charge in [0, 0.05) is 25.5 Å². The summed E-state index contributed by atoms with van der Waals surface area (Å²) >= 11 is 0. The highest BCUT2D eigenvalue weighted by molar-refractivity contribution is 6.06. The summed E-state index contributed by atoms with van der Waals surface area (Å²) in [4.78, 5) is 48.8. The third kappa shape index (κ3) is 3.84. The number of ether oxygens (including phenoxy) is 1. The summed E-state index contributed by atoms with van der Waals surface area (Å²) in [6.07, 6.45) is 4.67. The molecule has 0 radical (unpaired) electrons. The molecule has 164 valence electrons. The third-order valence-electron chi connectivity index (χ3n) is 5.59. The van der Waals surface area contributed by atoms with Gasteiger partial charge in [0.15, 0.2) is 5.69 Å². The van der Waals surface area contributed by atoms with Crippen LogP contribution in [0.4, 0.5) is 0 Å². The number of nitrogens with one attached hydrogen (secondary N) is 1. The summed E-state index contributed by atoms with van der Waals surface area (Å²) in [6.45, 7) is 2.32. The van der Waals surface area contributed by atoms with Gasteiger partial charge in [0.05, 0.1) is 20.0 Å². The van der Waals surface area contributed by atoms with Crippen LogP contribution in [-0.2, 0) is 29.2 Å². The van der Waals surface area contributed by atoms with Gasteiger partial charge in [-0.3, -0.25) is 14.6 Å². The number of hydrogen-bond acceptors (Lipinski definition) is 6. The van der Waals surface area contributed by atoms with Crippen LogP contribution in [0.1, 0.15) is 39.0 Å². The van der Waals surface area contributed by atoms with Gasteiger partial charge in [0.1, 0.15) is 11.2 Å². The highest BCUT2D eigenvalue weighted by Gasteiger charge is 2.48. The average molecular weight is 433 g/mol. The predicted octanol–water partition coefficient (Wildman–Crippen LogP) is 1.80. The van der Waals surface area contributed by atoms with Crippen LogP contribution in [0.2, 0.25) is 0 Å². The molecule has 1 aliphatic rings. The molecule has 0 saturated carbocycles. The number of imidazole rings is 1. The lowest BCUT2D eigenvalue weighted by molar-refractivity contribution is -0.133. The van der Waals surface area contributed by atoms with Crippen LogP contribution >= 0.6 is 0 Å². The first-order valence-corrected chi connectivity index (χ1v) is 10.1. The fraction of sp³-hybridized carbons (Fsp3) is 0.261. The number of rotatable bonds is 6. The maximum Gasteiger partial charge on any atom is 0.359 e. The normalized spacial score (nSPS) is 17.6. The monoisotopic (exact) mass is 433 g/mol. The lowest BCUT2D eigenvalue weighted by Crippen LogP contribution is -2.63. The molecule has 9 nitrogen and oxygen atoms in total. The van der Waals surface area contributed by atoms with Gasteiger partial charge in [-0.25, -0.2) is 9.78 Å². The number of aromatic nitrogens is 3. The van der Waals surface area contributed by atoms with Crippen LogP contribution in [0.15, 0.2) is 61.2 Å². The van der Waals surface area contributed by atoms with Gasteiger partial charge in [-0.15, -0.1) is 0 Å². The SMILES string of the molecule is COC(=O)c1ncn2c1C(=O)N(Cc1cccnc1)[C@](C)(C(=O)NCc1ccccc1)C2. The predicted molar refractivity (Wildman–Crippen MR) is 114 cm³/mol. The lowest BCUT2D eigenvalue weighted by Gasteiger charge is -2.43. The number of esters is 1. The van der Waals surface area contributed by atoms with Crippen LogP contribution in [0.25, 0.3) is 0 Å². The third-order valence-corrected chi connectivity index (χ3v) is 5.59. The van der Waals surface area contributed by atoms with Gasteiger partial charge in [0.2, 0.25) is 5.91 Å². The van der Waals surface area contributed by atoms with Crippen molar-refractivity contribution in [3.63, 3.8) is 0 Å². The first kappa shape index (κ1) is 21.2. The summed E-state index contributed by atoms with van der Waals surface area (Å²) in [5.41, 5.74) is 0.523. The molecule has 0 aliphatic carbocycles. The first-order valence-electron chi connectivity index (χ1n) is 10.1. The molecule has 1 aliphatic heterocycles. The number of carbonyl (C=O) groups excluding carboxylic acids is 3. The minimum atomic E-state index is -1.22. The van der Waals surface area contributed by atoms with Crippen molar-refractivity contribution in [3.8, 4) is 0 Å². The molecule has 4 rings (SSSR count). The molecule has 1 atom stereocenters. The molecule has 3 aromatic rings. The van der Waals surface area contributed by atoms with E-state index in [0.29, 0.717) is 6.54 Å². The Hall–Kier alpha value is -4.01. The molecule has 0 fully saturated rings. The van der Waals surface area contributed by atoms with Crippen molar-refractivity contribution in [2.45, 2.75) is 32.1 Å². The van der Waals surface area contributed by atoms with E-state index in [1.54, 1.807) is 25.4 Å². The van der Waals surface area contributed by atoms with Crippen molar-refractivity contribution < 1.29 is 19.1 Å². The smallest absolute Gasteiger partial charge is 0.359 e. The van der Waals surface area contributed by atoms with E-state index in [4.69, 9.17) is 4.74 Å². The van der Waals surface area contributed by atoms with Crippen LogP contribution in [0, 0.1) is 0 Å². The number of methoxy groups -OCH3 is 1. The number of benzene rings is 1. The van der Waals surface area contributed by atoms with Gasteiger partial charge >= 0.3 is 5.97 Å². The van der Waals surface area contributed by atoms with Gasteiger partial charge in [-0.1, -0.05) is 36.4 Å². The highest BCUT2D eigenvalue weighted by atomic mass is 16.5. The summed E-state index contributed by atoms with van der Waals surface area (Å²) in [5, 5.41) is 2.94. The fourth-order valence-corrected chi connectivity index (χ4v) is 3.82. The first-order chi connectivity index (χ1) is 15.4. The minimum absolute atomic E-state index is 0.0690. The summed E-state index contributed by atoms with van der Waals surface area (Å²) < 4.78 is 6.31. The average Bonchev–Trinajstić information content (AvgIpc) is 3.24. The number of fused-ring (bicyclic) bond motifs is 1. The second-order valence-electron chi connectivity index (χ2n) is 7.76. The molecule has 1 aromatic carbocycles. The van der Waals surface area contributed by atoms with Gasteiger partial charge in [-0.05, 0) is 24.1 Å². The topological polar surface area (TPSA) is 106 Å². The summed E-state index contributed by atoms with van der Waals surface area (Å²) in [6, 6.07) is 13.1. The van der Waals surface area contributed by atoms with E-state index in [0.717, 1.165) is 11.1 Å². The van der Waals surface area contributed by atoms with Crippen molar-refractivity contribution in [3.05, 3.63) is 83.7 Å². The Labute approximate surface area is 185 Å². The van der Waals surface area contributed by atoms with Crippen LogP contribution in [0.3, 0.4) is 0 Å². The molecule has 3 heterocycles. The maximum absolute atomic E-state index is 13.6. The minimum Gasteiger partial charge on any atom is -0.464 e. The Bertz CT molecular complexity index is 1150. The lowest BCUT2D eigenvalue weighted by atomic mass is 9.93. The van der Waals surface area contributed by atoms with E-state index in [-0.39, 0.29) is 30.4 Å². The number of hydrogen-bond donors (Lipinski definition) is 1. The second kappa shape index (κ2) is 8.62. The highest BCUT2D eigenvalue weighted by Crippen LogP contribution is 2.30. The van der Waals surface area contributed by atoms with Crippen molar-refractivity contribution in [2.75, 3.05) is 7.11 Å². The van der Waals surface area contributed by atoms with Crippen molar-refractivity contribution in [2.24, 2.45) is 0 Å². The molecular weight excluding hydrogens is 410 g/mol. The van der Waals surface area contributed by atoms with Gasteiger partial charge in [-0.2, -0.15) is 0 Å². The Kier molecular flexibility index (Phi) is 5.72. The van der Waals surface area contributed by atoms with Crippen LogP contribution in [0.5, 0.6) is 0 Å². The Morgan fingerprint density at radius 2 is 1.91 bits per heavy atom. The zero-order valence-corrected chi connectivity index (χ0v) is 17.8. The number of pyridine rings is 1. The van der Waals surface area contributed by atoms with E-state index < -0.39 is 17.4 Å². The van der Waals surface area contributed by atoms with E-state index >= 15 is 0 Å². The molecule has 0 saturated heterocycles. The van der Waals surface area contributed by atoms with Crippen molar-refractivity contribution >= 4 is 17.8 Å². The number of amides is 2. The second-order valence-corrected chi connectivity index (χ2v) is 7.76. The molecule has 32 heavy (non-hydrogen) atoms. The zero-order chi connectivity index (χ0) is 22.7. The van der Waals surface area contributed by atoms with E-state index in [1.165, 1.54) is 22.9 Å². The molecule has 2 amide bonds. The standard InChI is InChI=1S/C23H23N5O4/c1-23(22(31)25-12-16-7-4-3-5-8-16)14-27-15-26-18(21(30)32-2)19(27)20(29)28(23)13-17-9-6-10-24-11-17/h3-11,15H,12-14H2,1-2H3,(H,25,31)/t23-/m0/s1. The Morgan fingerprint density at radius 3 is 2.59 bits per heavy atom. The molecule has 0 spiro atoms. The van der Waals surface area contributed by atoms with E-state index in [2.05, 4.69) is 15.3 Å². The fourth-order valence-electron chi connectivity index (χ4n) is 3.82. The molecule has 1 N–H and O–H groups in total. The summed E-state index contributed by atoms with van der Waals surface area (Å²) in [7, 11) is 1.23. The molecule has 0 unspecified atom stereocenters. The number of nitrogens with zero attached hydrogens (tertiary/aromatic N) is 4. The van der Waals surface area contributed by atoms with E-state index in [1.807, 2.05) is 36.4 Å². The Morgan fingerprint density at radius 1 is 1.16 bits per heavy atom. The quantitative estimate of drug-likeness (QED) is 0.594. The molecule has 9 heteroatoms. The zero-order valence-electron chi connectivity index (χ0n) is 17.8. The van der Waals surface area contributed by atoms with E-state index in [9.17, 15) is 14.4 Å². The van der Waals surface area contributed by atoms with Crippen molar-refractivity contribution in [1.29, 1.82) is 0 Å².